The first-order chi connectivity index (χ1) is 10.9. The number of carbonyl (C=O) groups excluding carboxylic acids is 1. The molecule has 2 aliphatic carbocycles. The van der Waals surface area contributed by atoms with Crippen LogP contribution >= 0.6 is 0 Å². The summed E-state index contributed by atoms with van der Waals surface area (Å²) in [5.74, 6) is 0.392. The Morgan fingerprint density at radius 2 is 2.13 bits per heavy atom. The van der Waals surface area contributed by atoms with Gasteiger partial charge in [0.1, 0.15) is 5.82 Å². The fraction of sp³-hybridized carbons (Fsp3) is 0.611. The number of aliphatic hydroxyl groups excluding tert-OH is 1. The van der Waals surface area contributed by atoms with Crippen molar-refractivity contribution in [3.8, 4) is 0 Å². The standard InChI is InChI=1S/C18H25FN2O2/c1-11-6-9-13-14(4-3-5-15(13)19)16(11)20-17(23)21-18(2,10-22)12-7-8-12/h3-5,11-12,16,22H,6-10H2,1-2H3,(H2,20,21,23). The van der Waals surface area contributed by atoms with Gasteiger partial charge in [-0.05, 0) is 61.6 Å². The molecule has 23 heavy (non-hydrogen) atoms. The molecule has 5 heteroatoms. The first kappa shape index (κ1) is 16.2. The fourth-order valence-corrected chi connectivity index (χ4v) is 3.62. The first-order valence-electron chi connectivity index (χ1n) is 8.41. The first-order valence-corrected chi connectivity index (χ1v) is 8.41. The topological polar surface area (TPSA) is 61.4 Å². The molecule has 0 saturated heterocycles. The Labute approximate surface area is 136 Å². The van der Waals surface area contributed by atoms with Gasteiger partial charge in [-0.1, -0.05) is 19.1 Å². The number of hydrogen-bond donors (Lipinski definition) is 3. The molecule has 0 bridgehead atoms. The predicted molar refractivity (Wildman–Crippen MR) is 86.5 cm³/mol. The minimum absolute atomic E-state index is 0.0729. The monoisotopic (exact) mass is 320 g/mol. The third-order valence-electron chi connectivity index (χ3n) is 5.40. The minimum atomic E-state index is -0.577. The van der Waals surface area contributed by atoms with Gasteiger partial charge in [0.2, 0.25) is 0 Å². The van der Waals surface area contributed by atoms with Crippen molar-refractivity contribution in [1.29, 1.82) is 0 Å². The summed E-state index contributed by atoms with van der Waals surface area (Å²) in [6.07, 6.45) is 3.62. The molecule has 0 radical (unpaired) electrons. The molecule has 3 rings (SSSR count). The fourth-order valence-electron chi connectivity index (χ4n) is 3.62. The van der Waals surface area contributed by atoms with E-state index in [0.29, 0.717) is 17.9 Å². The van der Waals surface area contributed by atoms with Crippen LogP contribution in [0.3, 0.4) is 0 Å². The number of amides is 2. The van der Waals surface area contributed by atoms with Crippen LogP contribution in [0.4, 0.5) is 9.18 Å². The molecule has 126 valence electrons. The van der Waals surface area contributed by atoms with E-state index in [1.807, 2.05) is 13.0 Å². The Morgan fingerprint density at radius 1 is 1.39 bits per heavy atom. The third-order valence-corrected chi connectivity index (χ3v) is 5.40. The molecule has 2 amide bonds. The maximum Gasteiger partial charge on any atom is 0.315 e. The van der Waals surface area contributed by atoms with Gasteiger partial charge < -0.3 is 15.7 Å². The Kier molecular flexibility index (Phi) is 4.32. The number of urea groups is 1. The van der Waals surface area contributed by atoms with E-state index in [2.05, 4.69) is 17.6 Å². The van der Waals surface area contributed by atoms with Crippen LogP contribution in [0.15, 0.2) is 18.2 Å². The molecule has 3 unspecified atom stereocenters. The zero-order valence-corrected chi connectivity index (χ0v) is 13.7. The number of hydrogen-bond acceptors (Lipinski definition) is 2. The van der Waals surface area contributed by atoms with Gasteiger partial charge in [-0.15, -0.1) is 0 Å². The van der Waals surface area contributed by atoms with Crippen molar-refractivity contribution in [1.82, 2.24) is 10.6 Å². The predicted octanol–water partition coefficient (Wildman–Crippen LogP) is 2.91. The molecule has 2 aliphatic rings. The maximum absolute atomic E-state index is 14.0. The number of carbonyl (C=O) groups is 1. The number of fused-ring (bicyclic) bond motifs is 1. The van der Waals surface area contributed by atoms with Gasteiger partial charge in [0, 0.05) is 0 Å². The van der Waals surface area contributed by atoms with Crippen molar-refractivity contribution in [2.75, 3.05) is 6.61 Å². The quantitative estimate of drug-likeness (QED) is 0.799. The summed E-state index contributed by atoms with van der Waals surface area (Å²) in [5.41, 5.74) is 1.01. The van der Waals surface area contributed by atoms with Crippen molar-refractivity contribution < 1.29 is 14.3 Å². The zero-order valence-electron chi connectivity index (χ0n) is 13.7. The Morgan fingerprint density at radius 3 is 2.78 bits per heavy atom. The average Bonchev–Trinajstić information content (AvgIpc) is 3.35. The molecule has 1 aromatic carbocycles. The Bertz CT molecular complexity index is 603. The van der Waals surface area contributed by atoms with E-state index >= 15 is 0 Å². The van der Waals surface area contributed by atoms with Crippen LogP contribution in [0.25, 0.3) is 0 Å². The van der Waals surface area contributed by atoms with E-state index in [1.54, 1.807) is 6.07 Å². The van der Waals surface area contributed by atoms with Gasteiger partial charge >= 0.3 is 6.03 Å². The SMILES string of the molecule is CC1CCc2c(F)cccc2C1NC(=O)NC(C)(CO)C1CC1. The molecule has 0 aromatic heterocycles. The van der Waals surface area contributed by atoms with Gasteiger partial charge in [0.25, 0.3) is 0 Å². The Balaban J connectivity index is 1.74. The van der Waals surface area contributed by atoms with Crippen LogP contribution in [0.2, 0.25) is 0 Å². The van der Waals surface area contributed by atoms with E-state index in [4.69, 9.17) is 0 Å². The summed E-state index contributed by atoms with van der Waals surface area (Å²) in [7, 11) is 0. The molecule has 3 atom stereocenters. The van der Waals surface area contributed by atoms with Crippen LogP contribution in [0.5, 0.6) is 0 Å². The lowest BCUT2D eigenvalue weighted by atomic mass is 9.80. The summed E-state index contributed by atoms with van der Waals surface area (Å²) >= 11 is 0. The average molecular weight is 320 g/mol. The molecule has 1 aromatic rings. The molecule has 0 heterocycles. The second-order valence-electron chi connectivity index (χ2n) is 7.25. The molecule has 3 N–H and O–H groups in total. The summed E-state index contributed by atoms with van der Waals surface area (Å²) in [4.78, 5) is 12.4. The highest BCUT2D eigenvalue weighted by Gasteiger charge is 2.42. The van der Waals surface area contributed by atoms with Gasteiger partial charge in [-0.3, -0.25) is 0 Å². The highest BCUT2D eigenvalue weighted by atomic mass is 19.1. The van der Waals surface area contributed by atoms with E-state index in [9.17, 15) is 14.3 Å². The van der Waals surface area contributed by atoms with Gasteiger partial charge in [0.15, 0.2) is 0 Å². The number of nitrogens with one attached hydrogen (secondary N) is 2. The number of rotatable bonds is 4. The second-order valence-corrected chi connectivity index (χ2v) is 7.25. The molecule has 4 nitrogen and oxygen atoms in total. The van der Waals surface area contributed by atoms with Crippen molar-refractivity contribution in [2.24, 2.45) is 11.8 Å². The normalized spacial score (nSPS) is 26.1. The summed E-state index contributed by atoms with van der Waals surface area (Å²) in [6, 6.07) is 4.58. The lowest BCUT2D eigenvalue weighted by Gasteiger charge is -2.34. The van der Waals surface area contributed by atoms with E-state index < -0.39 is 5.54 Å². The van der Waals surface area contributed by atoms with Crippen LogP contribution in [-0.4, -0.2) is 23.3 Å². The van der Waals surface area contributed by atoms with Crippen LogP contribution in [0, 0.1) is 17.7 Å². The van der Waals surface area contributed by atoms with Crippen LogP contribution < -0.4 is 10.6 Å². The Hall–Kier alpha value is -1.62. The summed E-state index contributed by atoms with van der Waals surface area (Å²) < 4.78 is 14.0. The molecular weight excluding hydrogens is 295 g/mol. The number of benzene rings is 1. The van der Waals surface area contributed by atoms with Crippen LogP contribution in [0.1, 0.15) is 50.3 Å². The van der Waals surface area contributed by atoms with Gasteiger partial charge in [-0.2, -0.15) is 0 Å². The minimum Gasteiger partial charge on any atom is -0.394 e. The van der Waals surface area contributed by atoms with E-state index in [0.717, 1.165) is 24.8 Å². The summed E-state index contributed by atoms with van der Waals surface area (Å²) in [6.45, 7) is 3.88. The molecule has 0 spiro atoms. The zero-order chi connectivity index (χ0) is 16.6. The maximum atomic E-state index is 14.0. The van der Waals surface area contributed by atoms with Crippen LogP contribution in [-0.2, 0) is 6.42 Å². The second kappa shape index (κ2) is 6.11. The lowest BCUT2D eigenvalue weighted by molar-refractivity contribution is 0.152. The highest BCUT2D eigenvalue weighted by Crippen LogP contribution is 2.39. The molecule has 1 fully saturated rings. The van der Waals surface area contributed by atoms with E-state index in [-0.39, 0.29) is 30.4 Å². The largest absolute Gasteiger partial charge is 0.394 e. The summed E-state index contributed by atoms with van der Waals surface area (Å²) in [5, 5.41) is 15.5. The van der Waals surface area contributed by atoms with Crippen molar-refractivity contribution >= 4 is 6.03 Å². The molecule has 1 saturated carbocycles. The number of aliphatic hydroxyl groups is 1. The lowest BCUT2D eigenvalue weighted by Crippen LogP contribution is -2.55. The molecular formula is C18H25FN2O2. The van der Waals surface area contributed by atoms with Gasteiger partial charge in [-0.25, -0.2) is 9.18 Å². The van der Waals surface area contributed by atoms with Gasteiger partial charge in [0.05, 0.1) is 18.2 Å². The van der Waals surface area contributed by atoms with Crippen molar-refractivity contribution in [2.45, 2.75) is 51.1 Å². The third kappa shape index (κ3) is 3.20. The van der Waals surface area contributed by atoms with E-state index in [1.165, 1.54) is 6.07 Å². The van der Waals surface area contributed by atoms with Crippen molar-refractivity contribution in [3.05, 3.63) is 35.1 Å². The van der Waals surface area contributed by atoms with Crippen molar-refractivity contribution in [3.63, 3.8) is 0 Å². The molecule has 0 aliphatic heterocycles. The smallest absolute Gasteiger partial charge is 0.315 e. The number of halogens is 1. The highest BCUT2D eigenvalue weighted by molar-refractivity contribution is 5.75.